The number of carbonyl (C=O) groups excluding carboxylic acids is 1. The molecule has 1 spiro atoms. The second-order valence-electron chi connectivity index (χ2n) is 6.67. The number of hydrogen-bond acceptors (Lipinski definition) is 4. The molecule has 0 bridgehead atoms. The molecule has 0 radical (unpaired) electrons. The Hall–Kier alpha value is -2.60. The van der Waals surface area contributed by atoms with Crippen molar-refractivity contribution in [1.82, 2.24) is 9.88 Å². The van der Waals surface area contributed by atoms with Crippen LogP contribution >= 0.6 is 0 Å². The van der Waals surface area contributed by atoms with Gasteiger partial charge in [-0.15, -0.1) is 0 Å². The summed E-state index contributed by atoms with van der Waals surface area (Å²) >= 11 is 0. The number of hydrogen-bond donors (Lipinski definition) is 1. The van der Waals surface area contributed by atoms with Crippen molar-refractivity contribution < 1.29 is 14.3 Å². The minimum Gasteiger partial charge on any atom is -0.483 e. The molecule has 1 unspecified atom stereocenters. The van der Waals surface area contributed by atoms with E-state index in [4.69, 9.17) is 9.47 Å². The Balaban J connectivity index is 1.80. The normalized spacial score (nSPS) is 21.9. The van der Waals surface area contributed by atoms with Gasteiger partial charge in [-0.2, -0.15) is 0 Å². The molecule has 0 saturated carbocycles. The zero-order chi connectivity index (χ0) is 17.4. The lowest BCUT2D eigenvalue weighted by Gasteiger charge is -2.37. The molecule has 25 heavy (non-hydrogen) atoms. The number of aromatic nitrogens is 1. The predicted octanol–water partition coefficient (Wildman–Crippen LogP) is 1.59. The molecule has 1 atom stereocenters. The Morgan fingerprint density at radius 3 is 2.80 bits per heavy atom. The number of rotatable bonds is 3. The van der Waals surface area contributed by atoms with Crippen LogP contribution in [0.1, 0.15) is 28.0 Å². The van der Waals surface area contributed by atoms with E-state index >= 15 is 0 Å². The van der Waals surface area contributed by atoms with E-state index < -0.39 is 0 Å². The summed E-state index contributed by atoms with van der Waals surface area (Å²) in [5, 5.41) is 2.90. The molecule has 4 rings (SSSR count). The van der Waals surface area contributed by atoms with Gasteiger partial charge in [0.2, 0.25) is 5.43 Å². The van der Waals surface area contributed by atoms with Crippen molar-refractivity contribution in [2.75, 3.05) is 19.8 Å². The average molecular weight is 340 g/mol. The van der Waals surface area contributed by atoms with Crippen LogP contribution in [-0.4, -0.2) is 30.2 Å². The summed E-state index contributed by atoms with van der Waals surface area (Å²) in [6.07, 6.45) is 2.56. The Kier molecular flexibility index (Phi) is 3.84. The standard InChI is InChI=1S/C19H20N2O4/c1-13-9-21-15(18(23)20-11-19(21)7-8-24-12-19)17(16(13)22)25-10-14-5-3-2-4-6-14/h2-6,9H,7-8,10-12H2,1H3,(H,20,23). The van der Waals surface area contributed by atoms with Crippen LogP contribution in [0.2, 0.25) is 0 Å². The lowest BCUT2D eigenvalue weighted by Crippen LogP contribution is -2.53. The summed E-state index contributed by atoms with van der Waals surface area (Å²) < 4.78 is 13.3. The number of ether oxygens (including phenoxy) is 2. The van der Waals surface area contributed by atoms with Crippen molar-refractivity contribution in [2.45, 2.75) is 25.5 Å². The van der Waals surface area contributed by atoms with E-state index in [0.29, 0.717) is 31.0 Å². The zero-order valence-corrected chi connectivity index (χ0v) is 14.1. The highest BCUT2D eigenvalue weighted by atomic mass is 16.5. The monoisotopic (exact) mass is 340 g/mol. The SMILES string of the molecule is Cc1cn2c(c(OCc3ccccc3)c1=O)C(=O)NCC21CCOC1. The van der Waals surface area contributed by atoms with Gasteiger partial charge < -0.3 is 19.4 Å². The smallest absolute Gasteiger partial charge is 0.272 e. The van der Waals surface area contributed by atoms with Gasteiger partial charge in [-0.05, 0) is 18.9 Å². The molecule has 2 aliphatic rings. The molecular weight excluding hydrogens is 320 g/mol. The van der Waals surface area contributed by atoms with Crippen molar-refractivity contribution in [2.24, 2.45) is 0 Å². The topological polar surface area (TPSA) is 69.6 Å². The van der Waals surface area contributed by atoms with E-state index in [-0.39, 0.29) is 29.2 Å². The number of fused-ring (bicyclic) bond motifs is 2. The van der Waals surface area contributed by atoms with E-state index in [2.05, 4.69) is 5.32 Å². The summed E-state index contributed by atoms with van der Waals surface area (Å²) in [7, 11) is 0. The van der Waals surface area contributed by atoms with E-state index in [9.17, 15) is 9.59 Å². The first-order chi connectivity index (χ1) is 12.1. The minimum absolute atomic E-state index is 0.118. The number of benzene rings is 1. The maximum atomic E-state index is 12.7. The number of nitrogens with one attached hydrogen (secondary N) is 1. The first kappa shape index (κ1) is 15.9. The summed E-state index contributed by atoms with van der Waals surface area (Å²) in [5.41, 5.74) is 1.22. The van der Waals surface area contributed by atoms with Crippen LogP contribution in [0.5, 0.6) is 5.75 Å². The fraction of sp³-hybridized carbons (Fsp3) is 0.368. The van der Waals surface area contributed by atoms with Crippen molar-refractivity contribution in [3.8, 4) is 5.75 Å². The van der Waals surface area contributed by atoms with Crippen LogP contribution < -0.4 is 15.5 Å². The summed E-state index contributed by atoms with van der Waals surface area (Å²) in [6.45, 7) is 3.64. The largest absolute Gasteiger partial charge is 0.483 e. The molecule has 1 aromatic heterocycles. The second kappa shape index (κ2) is 6.04. The first-order valence-electron chi connectivity index (χ1n) is 8.40. The third-order valence-corrected chi connectivity index (χ3v) is 4.96. The van der Waals surface area contributed by atoms with E-state index in [1.54, 1.807) is 13.1 Å². The van der Waals surface area contributed by atoms with E-state index in [1.807, 2.05) is 34.9 Å². The molecule has 3 heterocycles. The Morgan fingerprint density at radius 1 is 1.28 bits per heavy atom. The van der Waals surface area contributed by atoms with Gasteiger partial charge >= 0.3 is 0 Å². The van der Waals surface area contributed by atoms with Crippen LogP contribution in [0.15, 0.2) is 41.3 Å². The zero-order valence-electron chi connectivity index (χ0n) is 14.1. The maximum Gasteiger partial charge on any atom is 0.272 e. The van der Waals surface area contributed by atoms with Gasteiger partial charge in [-0.25, -0.2) is 0 Å². The highest BCUT2D eigenvalue weighted by molar-refractivity contribution is 5.96. The van der Waals surface area contributed by atoms with Crippen LogP contribution in [0.25, 0.3) is 0 Å². The Morgan fingerprint density at radius 2 is 2.08 bits per heavy atom. The maximum absolute atomic E-state index is 12.7. The van der Waals surface area contributed by atoms with E-state index in [0.717, 1.165) is 12.0 Å². The summed E-state index contributed by atoms with van der Waals surface area (Å²) in [4.78, 5) is 25.2. The van der Waals surface area contributed by atoms with Crippen molar-refractivity contribution >= 4 is 5.91 Å². The molecule has 1 N–H and O–H groups in total. The molecule has 1 amide bonds. The van der Waals surface area contributed by atoms with Crippen molar-refractivity contribution in [3.63, 3.8) is 0 Å². The Bertz CT molecular complexity index is 867. The van der Waals surface area contributed by atoms with Gasteiger partial charge in [-0.3, -0.25) is 9.59 Å². The molecule has 6 nitrogen and oxygen atoms in total. The third kappa shape index (κ3) is 2.62. The number of amides is 1. The lowest BCUT2D eigenvalue weighted by atomic mass is 9.94. The number of nitrogens with zero attached hydrogens (tertiary/aromatic N) is 1. The van der Waals surface area contributed by atoms with Gasteiger partial charge in [0.1, 0.15) is 6.61 Å². The van der Waals surface area contributed by atoms with Crippen molar-refractivity contribution in [3.05, 3.63) is 63.6 Å². The summed E-state index contributed by atoms with van der Waals surface area (Å²) in [6, 6.07) is 9.59. The van der Waals surface area contributed by atoms with Gasteiger partial charge in [0.05, 0.1) is 12.1 Å². The average Bonchev–Trinajstić information content (AvgIpc) is 3.10. The van der Waals surface area contributed by atoms with Crippen LogP contribution in [0, 0.1) is 6.92 Å². The van der Waals surface area contributed by atoms with Gasteiger partial charge in [0, 0.05) is 24.9 Å². The third-order valence-electron chi connectivity index (χ3n) is 4.96. The molecule has 2 aromatic rings. The minimum atomic E-state index is -0.341. The second-order valence-corrected chi connectivity index (χ2v) is 6.67. The van der Waals surface area contributed by atoms with Gasteiger partial charge in [0.25, 0.3) is 5.91 Å². The number of pyridine rings is 1. The molecular formula is C19H20N2O4. The van der Waals surface area contributed by atoms with Gasteiger partial charge in [0.15, 0.2) is 11.4 Å². The van der Waals surface area contributed by atoms with Crippen LogP contribution in [0.3, 0.4) is 0 Å². The summed E-state index contributed by atoms with van der Waals surface area (Å²) in [5.74, 6) is -0.162. The van der Waals surface area contributed by atoms with Crippen molar-refractivity contribution in [1.29, 1.82) is 0 Å². The molecule has 1 aromatic carbocycles. The van der Waals surface area contributed by atoms with Crippen LogP contribution in [0.4, 0.5) is 0 Å². The Labute approximate surface area is 145 Å². The highest BCUT2D eigenvalue weighted by Crippen LogP contribution is 2.33. The molecule has 1 fully saturated rings. The molecule has 1 saturated heterocycles. The molecule has 2 aliphatic heterocycles. The lowest BCUT2D eigenvalue weighted by molar-refractivity contribution is 0.0830. The molecule has 6 heteroatoms. The predicted molar refractivity (Wildman–Crippen MR) is 92.0 cm³/mol. The molecule has 130 valence electrons. The van der Waals surface area contributed by atoms with Crippen LogP contribution in [-0.2, 0) is 16.9 Å². The van der Waals surface area contributed by atoms with Gasteiger partial charge in [-0.1, -0.05) is 30.3 Å². The quantitative estimate of drug-likeness (QED) is 0.921. The molecule has 0 aliphatic carbocycles. The highest BCUT2D eigenvalue weighted by Gasteiger charge is 2.43. The first-order valence-corrected chi connectivity index (χ1v) is 8.40. The van der Waals surface area contributed by atoms with E-state index in [1.165, 1.54) is 0 Å². The number of aryl methyl sites for hydroxylation is 1. The fourth-order valence-corrected chi connectivity index (χ4v) is 3.50. The number of carbonyl (C=O) groups is 1. The fourth-order valence-electron chi connectivity index (χ4n) is 3.50.